The van der Waals surface area contributed by atoms with Gasteiger partial charge in [-0.3, -0.25) is 4.98 Å². The van der Waals surface area contributed by atoms with E-state index in [1.165, 1.54) is 54.7 Å². The minimum Gasteiger partial charge on any atom is -0.309 e. The second-order valence-electron chi connectivity index (χ2n) is 13.2. The van der Waals surface area contributed by atoms with Crippen LogP contribution >= 0.6 is 0 Å². The minimum absolute atomic E-state index is 1.00. The number of fused-ring (bicyclic) bond motifs is 10. The van der Waals surface area contributed by atoms with Gasteiger partial charge in [-0.25, -0.2) is 0 Å². The number of pyridine rings is 1. The highest BCUT2D eigenvalue weighted by Gasteiger charge is 2.21. The van der Waals surface area contributed by atoms with Gasteiger partial charge in [0, 0.05) is 50.2 Å². The summed E-state index contributed by atoms with van der Waals surface area (Å²) in [4.78, 5) is 4.95. The van der Waals surface area contributed by atoms with Crippen LogP contribution < -0.4 is 0 Å². The third-order valence-corrected chi connectivity index (χ3v) is 10.5. The Kier molecular flexibility index (Phi) is 5.92. The summed E-state index contributed by atoms with van der Waals surface area (Å²) in [6.07, 6.45) is 1.90. The van der Waals surface area contributed by atoms with Gasteiger partial charge < -0.3 is 13.7 Å². The van der Waals surface area contributed by atoms with Crippen LogP contribution in [0.4, 0.5) is 0 Å². The summed E-state index contributed by atoms with van der Waals surface area (Å²) in [5.74, 6) is 0. The number of benzene rings is 7. The molecule has 0 aliphatic heterocycles. The molecule has 0 saturated heterocycles. The zero-order chi connectivity index (χ0) is 33.5. The summed E-state index contributed by atoms with van der Waals surface area (Å²) in [5.41, 5.74) is 13.8. The fraction of sp³-hybridized carbons (Fsp3) is 0. The first-order valence-electron chi connectivity index (χ1n) is 17.4. The van der Waals surface area contributed by atoms with E-state index in [9.17, 15) is 0 Å². The number of hydrogen-bond donors (Lipinski definition) is 0. The monoisotopic (exact) mass is 650 g/mol. The van der Waals surface area contributed by atoms with Crippen LogP contribution in [0.25, 0.3) is 93.7 Å². The molecule has 0 aliphatic rings. The molecule has 4 aromatic heterocycles. The van der Waals surface area contributed by atoms with Crippen molar-refractivity contribution in [3.05, 3.63) is 182 Å². The number of nitrogens with zero attached hydrogens (tertiary/aromatic N) is 4. The summed E-state index contributed by atoms with van der Waals surface area (Å²) in [7, 11) is 0. The van der Waals surface area contributed by atoms with Crippen molar-refractivity contribution in [3.63, 3.8) is 0 Å². The lowest BCUT2D eigenvalue weighted by Gasteiger charge is -2.13. The summed E-state index contributed by atoms with van der Waals surface area (Å²) < 4.78 is 7.19. The summed E-state index contributed by atoms with van der Waals surface area (Å²) in [5, 5.41) is 6.12. The molecule has 4 nitrogen and oxygen atoms in total. The predicted molar refractivity (Wildman–Crippen MR) is 213 cm³/mol. The molecule has 11 aromatic rings. The van der Waals surface area contributed by atoms with Gasteiger partial charge in [0.05, 0.1) is 38.6 Å². The Bertz CT molecular complexity index is 3090. The molecule has 4 heterocycles. The molecule has 0 saturated carbocycles. The van der Waals surface area contributed by atoms with Crippen LogP contribution in [0.15, 0.2) is 182 Å². The van der Waals surface area contributed by atoms with Gasteiger partial charge in [-0.1, -0.05) is 97.1 Å². The molecule has 0 N–H and O–H groups in total. The Balaban J connectivity index is 1.16. The van der Waals surface area contributed by atoms with E-state index in [4.69, 9.17) is 4.98 Å². The van der Waals surface area contributed by atoms with Crippen molar-refractivity contribution in [3.8, 4) is 28.2 Å². The van der Waals surface area contributed by atoms with Crippen molar-refractivity contribution < 1.29 is 0 Å². The standard InChI is InChI=1S/C47H30N4/c1-2-15-33(16-3-1)49-42-24-9-6-21-38(42)45-43(49)27-26-39-46-44(25-12-28-48-46)51(47(39)45)35-18-11-14-32(30-35)31-13-10-17-34(29-31)50-40-22-7-4-19-36(40)37-20-5-8-23-41(37)50/h1-30H. The van der Waals surface area contributed by atoms with Crippen molar-refractivity contribution in [1.29, 1.82) is 0 Å². The Labute approximate surface area is 293 Å². The molecule has 0 spiro atoms. The van der Waals surface area contributed by atoms with Crippen LogP contribution in [-0.4, -0.2) is 18.7 Å². The van der Waals surface area contributed by atoms with E-state index in [2.05, 4.69) is 184 Å². The zero-order valence-corrected chi connectivity index (χ0v) is 27.6. The fourth-order valence-electron chi connectivity index (χ4n) is 8.34. The SMILES string of the molecule is c1ccc(-n2c3ccccc3c3c2ccc2c4ncccc4n(-c4cccc(-c5cccc(-n6c7ccccc7c7ccccc76)c5)c4)c23)cc1. The molecular formula is C47H30N4. The van der Waals surface area contributed by atoms with Crippen LogP contribution in [0.2, 0.25) is 0 Å². The quantitative estimate of drug-likeness (QED) is 0.186. The Hall–Kier alpha value is -6.91. The number of para-hydroxylation sites is 4. The molecular weight excluding hydrogens is 621 g/mol. The van der Waals surface area contributed by atoms with E-state index in [0.717, 1.165) is 39.0 Å². The third kappa shape index (κ3) is 4.05. The van der Waals surface area contributed by atoms with Crippen molar-refractivity contribution >= 4 is 65.5 Å². The van der Waals surface area contributed by atoms with Gasteiger partial charge in [0.15, 0.2) is 0 Å². The van der Waals surface area contributed by atoms with Crippen LogP contribution in [-0.2, 0) is 0 Å². The first-order chi connectivity index (χ1) is 25.3. The zero-order valence-electron chi connectivity index (χ0n) is 27.6. The summed E-state index contributed by atoms with van der Waals surface area (Å²) in [6, 6.07) is 63.4. The van der Waals surface area contributed by atoms with Gasteiger partial charge in [-0.15, -0.1) is 0 Å². The van der Waals surface area contributed by atoms with E-state index in [1.807, 2.05) is 12.3 Å². The minimum atomic E-state index is 1.00. The van der Waals surface area contributed by atoms with Gasteiger partial charge in [0.1, 0.15) is 0 Å². The van der Waals surface area contributed by atoms with Crippen molar-refractivity contribution in [2.45, 2.75) is 0 Å². The molecule has 51 heavy (non-hydrogen) atoms. The Morgan fingerprint density at radius 2 is 0.863 bits per heavy atom. The second-order valence-corrected chi connectivity index (χ2v) is 13.2. The summed E-state index contributed by atoms with van der Waals surface area (Å²) >= 11 is 0. The predicted octanol–water partition coefficient (Wildman–Crippen LogP) is 12.0. The molecule has 0 amide bonds. The topological polar surface area (TPSA) is 27.7 Å². The molecule has 0 atom stereocenters. The van der Waals surface area contributed by atoms with Crippen molar-refractivity contribution in [2.24, 2.45) is 0 Å². The molecule has 238 valence electrons. The Morgan fingerprint density at radius 1 is 0.333 bits per heavy atom. The van der Waals surface area contributed by atoms with Gasteiger partial charge in [0.2, 0.25) is 0 Å². The molecule has 0 fully saturated rings. The first-order valence-corrected chi connectivity index (χ1v) is 17.4. The van der Waals surface area contributed by atoms with Gasteiger partial charge in [0.25, 0.3) is 0 Å². The van der Waals surface area contributed by atoms with E-state index in [-0.39, 0.29) is 0 Å². The third-order valence-electron chi connectivity index (χ3n) is 10.5. The fourth-order valence-corrected chi connectivity index (χ4v) is 8.34. The van der Waals surface area contributed by atoms with Gasteiger partial charge >= 0.3 is 0 Å². The van der Waals surface area contributed by atoms with Crippen LogP contribution in [0.3, 0.4) is 0 Å². The largest absolute Gasteiger partial charge is 0.309 e. The first kappa shape index (κ1) is 28.0. The number of rotatable bonds is 4. The highest BCUT2D eigenvalue weighted by Crippen LogP contribution is 2.42. The van der Waals surface area contributed by atoms with Crippen LogP contribution in [0.1, 0.15) is 0 Å². The van der Waals surface area contributed by atoms with E-state index in [1.54, 1.807) is 0 Å². The summed E-state index contributed by atoms with van der Waals surface area (Å²) in [6.45, 7) is 0. The molecule has 7 aromatic carbocycles. The number of hydrogen-bond acceptors (Lipinski definition) is 1. The highest BCUT2D eigenvalue weighted by molar-refractivity contribution is 6.25. The van der Waals surface area contributed by atoms with E-state index in [0.29, 0.717) is 0 Å². The van der Waals surface area contributed by atoms with E-state index >= 15 is 0 Å². The molecule has 0 radical (unpaired) electrons. The maximum absolute atomic E-state index is 4.95. The van der Waals surface area contributed by atoms with Crippen LogP contribution in [0.5, 0.6) is 0 Å². The number of aromatic nitrogens is 4. The average Bonchev–Trinajstić information content (AvgIpc) is 3.84. The molecule has 0 bridgehead atoms. The van der Waals surface area contributed by atoms with Crippen LogP contribution in [0, 0.1) is 0 Å². The smallest absolute Gasteiger partial charge is 0.0963 e. The lowest BCUT2D eigenvalue weighted by Crippen LogP contribution is -1.96. The van der Waals surface area contributed by atoms with Gasteiger partial charge in [-0.2, -0.15) is 0 Å². The molecule has 11 rings (SSSR count). The maximum Gasteiger partial charge on any atom is 0.0963 e. The molecule has 4 heteroatoms. The van der Waals surface area contributed by atoms with E-state index < -0.39 is 0 Å². The average molecular weight is 651 g/mol. The molecule has 0 aliphatic carbocycles. The van der Waals surface area contributed by atoms with Crippen molar-refractivity contribution in [1.82, 2.24) is 18.7 Å². The Morgan fingerprint density at radius 3 is 1.55 bits per heavy atom. The maximum atomic E-state index is 4.95. The highest BCUT2D eigenvalue weighted by atomic mass is 15.0. The second kappa shape index (κ2) is 10.8. The normalized spacial score (nSPS) is 11.9. The lowest BCUT2D eigenvalue weighted by atomic mass is 10.0. The molecule has 0 unspecified atom stereocenters. The van der Waals surface area contributed by atoms with Gasteiger partial charge in [-0.05, 0) is 90.0 Å². The lowest BCUT2D eigenvalue weighted by molar-refractivity contribution is 1.17. The van der Waals surface area contributed by atoms with Crippen molar-refractivity contribution in [2.75, 3.05) is 0 Å².